The fraction of sp³-hybridized carbons (Fsp3) is 0.111. The minimum absolute atomic E-state index is 0.116. The first-order valence-corrected chi connectivity index (χ1v) is 7.55. The molecule has 2 amide bonds. The SMILES string of the molecule is C=C(NC(=O)C(=C)N1Cc2c(cccc2-c2ncco2)C1=O)C(=O)OC. The summed E-state index contributed by atoms with van der Waals surface area (Å²) in [6.07, 6.45) is 2.95. The zero-order chi connectivity index (χ0) is 18.8. The number of rotatable bonds is 5. The largest absolute Gasteiger partial charge is 0.464 e. The van der Waals surface area contributed by atoms with Gasteiger partial charge in [0, 0.05) is 11.1 Å². The number of carbonyl (C=O) groups excluding carboxylic acids is 3. The number of aromatic nitrogens is 1. The Hall–Kier alpha value is -3.68. The molecule has 1 aromatic heterocycles. The monoisotopic (exact) mass is 353 g/mol. The van der Waals surface area contributed by atoms with Crippen LogP contribution in [-0.4, -0.2) is 34.8 Å². The van der Waals surface area contributed by atoms with E-state index < -0.39 is 11.9 Å². The van der Waals surface area contributed by atoms with Crippen molar-refractivity contribution in [1.82, 2.24) is 15.2 Å². The van der Waals surface area contributed by atoms with E-state index in [2.05, 4.69) is 28.2 Å². The molecule has 0 saturated heterocycles. The highest BCUT2D eigenvalue weighted by atomic mass is 16.5. The van der Waals surface area contributed by atoms with Gasteiger partial charge < -0.3 is 14.5 Å². The molecule has 8 nitrogen and oxygen atoms in total. The van der Waals surface area contributed by atoms with Crippen molar-refractivity contribution in [3.8, 4) is 11.5 Å². The molecule has 1 aliphatic rings. The van der Waals surface area contributed by atoms with Crippen LogP contribution >= 0.6 is 0 Å². The average molecular weight is 353 g/mol. The molecule has 1 aromatic carbocycles. The van der Waals surface area contributed by atoms with Crippen LogP contribution in [0, 0.1) is 0 Å². The molecule has 26 heavy (non-hydrogen) atoms. The van der Waals surface area contributed by atoms with Gasteiger partial charge in [0.15, 0.2) is 0 Å². The van der Waals surface area contributed by atoms with Crippen LogP contribution < -0.4 is 5.32 Å². The van der Waals surface area contributed by atoms with Gasteiger partial charge in [-0.1, -0.05) is 19.2 Å². The molecule has 0 aliphatic carbocycles. The molecule has 8 heteroatoms. The summed E-state index contributed by atoms with van der Waals surface area (Å²) >= 11 is 0. The lowest BCUT2D eigenvalue weighted by atomic mass is 10.0. The van der Waals surface area contributed by atoms with E-state index in [1.54, 1.807) is 18.2 Å². The van der Waals surface area contributed by atoms with Gasteiger partial charge in [0.1, 0.15) is 17.7 Å². The maximum atomic E-state index is 12.7. The van der Waals surface area contributed by atoms with Crippen LogP contribution in [0.25, 0.3) is 11.5 Å². The number of amides is 2. The van der Waals surface area contributed by atoms with Gasteiger partial charge in [-0.05, 0) is 17.7 Å². The van der Waals surface area contributed by atoms with Gasteiger partial charge in [-0.15, -0.1) is 0 Å². The average Bonchev–Trinajstić information content (AvgIpc) is 3.28. The zero-order valence-corrected chi connectivity index (χ0v) is 13.9. The quantitative estimate of drug-likeness (QED) is 0.647. The molecule has 0 spiro atoms. The van der Waals surface area contributed by atoms with E-state index in [9.17, 15) is 14.4 Å². The van der Waals surface area contributed by atoms with Crippen molar-refractivity contribution in [2.45, 2.75) is 6.54 Å². The van der Waals surface area contributed by atoms with Crippen LogP contribution in [0.5, 0.6) is 0 Å². The molecule has 2 aromatic rings. The Morgan fingerprint density at radius 1 is 1.31 bits per heavy atom. The standard InChI is InChI=1S/C18H15N3O5/c1-10(18(24)25-3)20-15(22)11(2)21-9-14-12(16-19-7-8-26-16)5-4-6-13(14)17(21)23/h4-8H,1-2,9H2,3H3,(H,20,22). The number of oxazole rings is 1. The summed E-state index contributed by atoms with van der Waals surface area (Å²) in [5.41, 5.74) is 1.41. The second-order valence-electron chi connectivity index (χ2n) is 5.43. The third-order valence-electron chi connectivity index (χ3n) is 3.91. The fourth-order valence-corrected chi connectivity index (χ4v) is 2.61. The van der Waals surface area contributed by atoms with Crippen molar-refractivity contribution in [3.05, 3.63) is 66.3 Å². The van der Waals surface area contributed by atoms with E-state index in [4.69, 9.17) is 4.42 Å². The molecule has 1 N–H and O–H groups in total. The van der Waals surface area contributed by atoms with E-state index in [1.807, 2.05) is 0 Å². The molecule has 0 fully saturated rings. The molecule has 3 rings (SSSR count). The molecule has 2 heterocycles. The van der Waals surface area contributed by atoms with Crippen molar-refractivity contribution in [1.29, 1.82) is 0 Å². The number of ether oxygens (including phenoxy) is 1. The van der Waals surface area contributed by atoms with Gasteiger partial charge in [-0.2, -0.15) is 0 Å². The molecule has 0 atom stereocenters. The van der Waals surface area contributed by atoms with Crippen molar-refractivity contribution in [3.63, 3.8) is 0 Å². The number of fused-ring (bicyclic) bond motifs is 1. The lowest BCUT2D eigenvalue weighted by Gasteiger charge is -2.18. The van der Waals surface area contributed by atoms with E-state index in [1.165, 1.54) is 24.5 Å². The first-order chi connectivity index (χ1) is 12.4. The van der Waals surface area contributed by atoms with E-state index in [0.717, 1.165) is 0 Å². The first kappa shape index (κ1) is 17.2. The minimum atomic E-state index is -0.784. The third-order valence-corrected chi connectivity index (χ3v) is 3.91. The van der Waals surface area contributed by atoms with Crippen molar-refractivity contribution >= 4 is 17.8 Å². The smallest absolute Gasteiger partial charge is 0.353 e. The number of benzene rings is 1. The summed E-state index contributed by atoms with van der Waals surface area (Å²) in [5, 5.41) is 2.26. The molecular formula is C18H15N3O5. The predicted octanol–water partition coefficient (Wildman–Crippen LogP) is 1.61. The van der Waals surface area contributed by atoms with Crippen molar-refractivity contribution < 1.29 is 23.5 Å². The maximum Gasteiger partial charge on any atom is 0.353 e. The Balaban J connectivity index is 1.83. The second-order valence-corrected chi connectivity index (χ2v) is 5.43. The molecule has 0 bridgehead atoms. The summed E-state index contributed by atoms with van der Waals surface area (Å²) in [6.45, 7) is 7.20. The Labute approximate surface area is 148 Å². The number of hydrogen-bond acceptors (Lipinski definition) is 6. The third kappa shape index (κ3) is 2.88. The summed E-state index contributed by atoms with van der Waals surface area (Å²) in [7, 11) is 1.17. The number of nitrogens with zero attached hydrogens (tertiary/aromatic N) is 2. The van der Waals surface area contributed by atoms with Gasteiger partial charge in [0.25, 0.3) is 11.8 Å². The number of methoxy groups -OCH3 is 1. The normalized spacial score (nSPS) is 12.5. The van der Waals surface area contributed by atoms with Crippen LogP contribution in [0.1, 0.15) is 15.9 Å². The first-order valence-electron chi connectivity index (χ1n) is 7.55. The molecule has 132 valence electrons. The van der Waals surface area contributed by atoms with E-state index >= 15 is 0 Å². The number of hydrogen-bond donors (Lipinski definition) is 1. The zero-order valence-electron chi connectivity index (χ0n) is 13.9. The molecule has 0 unspecified atom stereocenters. The fourth-order valence-electron chi connectivity index (χ4n) is 2.61. The van der Waals surface area contributed by atoms with Crippen LogP contribution in [0.15, 0.2) is 59.6 Å². The van der Waals surface area contributed by atoms with Gasteiger partial charge in [-0.25, -0.2) is 9.78 Å². The highest BCUT2D eigenvalue weighted by Gasteiger charge is 2.34. The maximum absolute atomic E-state index is 12.7. The van der Waals surface area contributed by atoms with E-state index in [0.29, 0.717) is 22.6 Å². The van der Waals surface area contributed by atoms with Crippen LogP contribution in [0.3, 0.4) is 0 Å². The molecule has 1 aliphatic heterocycles. The molecule has 0 radical (unpaired) electrons. The van der Waals surface area contributed by atoms with Crippen LogP contribution in [0.2, 0.25) is 0 Å². The lowest BCUT2D eigenvalue weighted by Crippen LogP contribution is -2.36. The van der Waals surface area contributed by atoms with Crippen LogP contribution in [-0.2, 0) is 20.9 Å². The second kappa shape index (κ2) is 6.67. The van der Waals surface area contributed by atoms with Gasteiger partial charge in [-0.3, -0.25) is 14.5 Å². The van der Waals surface area contributed by atoms with Gasteiger partial charge >= 0.3 is 5.97 Å². The molecule has 0 saturated carbocycles. The van der Waals surface area contributed by atoms with Crippen molar-refractivity contribution in [2.24, 2.45) is 0 Å². The van der Waals surface area contributed by atoms with Crippen LogP contribution in [0.4, 0.5) is 0 Å². The molecular weight excluding hydrogens is 338 g/mol. The van der Waals surface area contributed by atoms with Crippen molar-refractivity contribution in [2.75, 3.05) is 7.11 Å². The van der Waals surface area contributed by atoms with E-state index in [-0.39, 0.29) is 23.8 Å². The number of esters is 1. The summed E-state index contributed by atoms with van der Waals surface area (Å²) in [5.74, 6) is -1.50. The number of carbonyl (C=O) groups is 3. The predicted molar refractivity (Wildman–Crippen MR) is 90.3 cm³/mol. The number of nitrogens with one attached hydrogen (secondary N) is 1. The highest BCUT2D eigenvalue weighted by molar-refractivity contribution is 6.07. The van der Waals surface area contributed by atoms with Gasteiger partial charge in [0.05, 0.1) is 19.9 Å². The highest BCUT2D eigenvalue weighted by Crippen LogP contribution is 2.33. The Morgan fingerprint density at radius 3 is 2.69 bits per heavy atom. The summed E-state index contributed by atoms with van der Waals surface area (Å²) < 4.78 is 9.78. The Kier molecular flexibility index (Phi) is 4.40. The Morgan fingerprint density at radius 2 is 2.04 bits per heavy atom. The Bertz CT molecular complexity index is 930. The summed E-state index contributed by atoms with van der Waals surface area (Å²) in [4.78, 5) is 41.6. The summed E-state index contributed by atoms with van der Waals surface area (Å²) in [6, 6.07) is 5.15. The topological polar surface area (TPSA) is 102 Å². The van der Waals surface area contributed by atoms with Gasteiger partial charge in [0.2, 0.25) is 5.89 Å². The lowest BCUT2D eigenvalue weighted by molar-refractivity contribution is -0.137. The minimum Gasteiger partial charge on any atom is -0.464 e.